The van der Waals surface area contributed by atoms with Gasteiger partial charge in [-0.25, -0.2) is 9.97 Å². The quantitative estimate of drug-likeness (QED) is 0.489. The predicted molar refractivity (Wildman–Crippen MR) is 87.6 cm³/mol. The van der Waals surface area contributed by atoms with Crippen LogP contribution in [0.2, 0.25) is 0 Å². The Morgan fingerprint density at radius 2 is 1.24 bits per heavy atom. The molecule has 3 aromatic carbocycles. The zero-order chi connectivity index (χ0) is 14.1. The molecule has 0 aliphatic carbocycles. The maximum Gasteiger partial charge on any atom is 0.103 e. The monoisotopic (exact) mass is 288 g/mol. The lowest BCUT2D eigenvalue weighted by atomic mass is 10.2. The SMILES string of the molecule is c1ccc(Sc2cccc3nc4ccccc4nc23)cc1. The van der Waals surface area contributed by atoms with Crippen molar-refractivity contribution in [1.82, 2.24) is 9.97 Å². The zero-order valence-electron chi connectivity index (χ0n) is 11.2. The molecule has 100 valence electrons. The Hall–Kier alpha value is -2.39. The van der Waals surface area contributed by atoms with E-state index in [2.05, 4.69) is 30.3 Å². The van der Waals surface area contributed by atoms with E-state index in [9.17, 15) is 0 Å². The molecule has 0 spiro atoms. The molecule has 0 amide bonds. The number of hydrogen-bond donors (Lipinski definition) is 0. The summed E-state index contributed by atoms with van der Waals surface area (Å²) in [5.74, 6) is 0. The first kappa shape index (κ1) is 12.4. The van der Waals surface area contributed by atoms with Crippen LogP contribution in [0, 0.1) is 0 Å². The van der Waals surface area contributed by atoms with Crippen molar-refractivity contribution in [3.63, 3.8) is 0 Å². The first-order valence-electron chi connectivity index (χ1n) is 6.78. The Kier molecular flexibility index (Phi) is 3.05. The molecule has 4 aromatic rings. The van der Waals surface area contributed by atoms with Crippen LogP contribution in [0.1, 0.15) is 0 Å². The topological polar surface area (TPSA) is 25.8 Å². The van der Waals surface area contributed by atoms with Crippen LogP contribution in [-0.2, 0) is 0 Å². The van der Waals surface area contributed by atoms with Crippen molar-refractivity contribution in [3.05, 3.63) is 72.8 Å². The van der Waals surface area contributed by atoms with Crippen LogP contribution in [0.15, 0.2) is 82.6 Å². The minimum Gasteiger partial charge on any atom is -0.244 e. The third kappa shape index (κ3) is 2.36. The molecule has 0 bridgehead atoms. The van der Waals surface area contributed by atoms with Gasteiger partial charge in [0.15, 0.2) is 0 Å². The summed E-state index contributed by atoms with van der Waals surface area (Å²) in [6, 6.07) is 24.5. The Morgan fingerprint density at radius 1 is 0.571 bits per heavy atom. The van der Waals surface area contributed by atoms with Crippen molar-refractivity contribution in [2.24, 2.45) is 0 Å². The summed E-state index contributed by atoms with van der Waals surface area (Å²) in [5, 5.41) is 0. The van der Waals surface area contributed by atoms with Gasteiger partial charge < -0.3 is 0 Å². The lowest BCUT2D eigenvalue weighted by Gasteiger charge is -2.06. The number of nitrogens with zero attached hydrogens (tertiary/aromatic N) is 2. The Balaban J connectivity index is 1.90. The lowest BCUT2D eigenvalue weighted by Crippen LogP contribution is -1.89. The highest BCUT2D eigenvalue weighted by molar-refractivity contribution is 7.99. The number of rotatable bonds is 2. The second-order valence-electron chi connectivity index (χ2n) is 4.75. The molecular formula is C18H12N2S. The van der Waals surface area contributed by atoms with E-state index in [0.717, 1.165) is 27.0 Å². The third-order valence-electron chi connectivity index (χ3n) is 3.30. The number of benzene rings is 3. The number of hydrogen-bond acceptors (Lipinski definition) is 3. The molecule has 0 atom stereocenters. The molecule has 0 radical (unpaired) electrons. The van der Waals surface area contributed by atoms with E-state index in [4.69, 9.17) is 9.97 Å². The highest BCUT2D eigenvalue weighted by Crippen LogP contribution is 2.32. The standard InChI is InChI=1S/C18H12N2S/c1-2-7-13(8-3-1)21-17-12-6-11-16-18(17)20-15-10-5-4-9-14(15)19-16/h1-12H. The summed E-state index contributed by atoms with van der Waals surface area (Å²) in [6.07, 6.45) is 0. The average molecular weight is 288 g/mol. The van der Waals surface area contributed by atoms with Gasteiger partial charge in [-0.1, -0.05) is 48.2 Å². The summed E-state index contributed by atoms with van der Waals surface area (Å²) in [6.45, 7) is 0. The van der Waals surface area contributed by atoms with Gasteiger partial charge in [-0.05, 0) is 36.4 Å². The van der Waals surface area contributed by atoms with Crippen LogP contribution in [0.3, 0.4) is 0 Å². The van der Waals surface area contributed by atoms with Crippen LogP contribution in [0.5, 0.6) is 0 Å². The fraction of sp³-hybridized carbons (Fsp3) is 0. The van der Waals surface area contributed by atoms with Crippen LogP contribution in [0.25, 0.3) is 22.1 Å². The number of aromatic nitrogens is 2. The molecule has 0 saturated heterocycles. The Labute approximate surface area is 126 Å². The van der Waals surface area contributed by atoms with Gasteiger partial charge in [0.2, 0.25) is 0 Å². The van der Waals surface area contributed by atoms with E-state index in [1.165, 1.54) is 4.90 Å². The molecule has 0 unspecified atom stereocenters. The second-order valence-corrected chi connectivity index (χ2v) is 5.87. The molecule has 0 fully saturated rings. The van der Waals surface area contributed by atoms with Gasteiger partial charge in [0.05, 0.1) is 16.6 Å². The molecule has 1 heterocycles. The molecule has 2 nitrogen and oxygen atoms in total. The maximum absolute atomic E-state index is 4.79. The molecule has 0 aliphatic rings. The van der Waals surface area contributed by atoms with Gasteiger partial charge in [0.1, 0.15) is 5.52 Å². The van der Waals surface area contributed by atoms with Gasteiger partial charge in [-0.15, -0.1) is 0 Å². The van der Waals surface area contributed by atoms with E-state index in [-0.39, 0.29) is 0 Å². The second kappa shape index (κ2) is 5.19. The van der Waals surface area contributed by atoms with Gasteiger partial charge in [0.25, 0.3) is 0 Å². The average Bonchev–Trinajstić information content (AvgIpc) is 2.54. The van der Waals surface area contributed by atoms with Crippen molar-refractivity contribution in [2.75, 3.05) is 0 Å². The highest BCUT2D eigenvalue weighted by Gasteiger charge is 2.07. The van der Waals surface area contributed by atoms with Gasteiger partial charge in [-0.2, -0.15) is 0 Å². The first-order valence-corrected chi connectivity index (χ1v) is 7.60. The molecule has 4 rings (SSSR count). The lowest BCUT2D eigenvalue weighted by molar-refractivity contribution is 1.33. The molecule has 1 aromatic heterocycles. The van der Waals surface area contributed by atoms with Crippen molar-refractivity contribution in [1.29, 1.82) is 0 Å². The van der Waals surface area contributed by atoms with E-state index < -0.39 is 0 Å². The van der Waals surface area contributed by atoms with E-state index in [1.807, 2.05) is 42.5 Å². The summed E-state index contributed by atoms with van der Waals surface area (Å²) in [7, 11) is 0. The summed E-state index contributed by atoms with van der Waals surface area (Å²) < 4.78 is 0. The van der Waals surface area contributed by atoms with Crippen molar-refractivity contribution in [2.45, 2.75) is 9.79 Å². The highest BCUT2D eigenvalue weighted by atomic mass is 32.2. The molecule has 0 N–H and O–H groups in total. The fourth-order valence-electron chi connectivity index (χ4n) is 2.31. The first-order chi connectivity index (χ1) is 10.4. The minimum absolute atomic E-state index is 0.936. The Morgan fingerprint density at radius 3 is 2.05 bits per heavy atom. The van der Waals surface area contributed by atoms with Crippen molar-refractivity contribution >= 4 is 33.8 Å². The van der Waals surface area contributed by atoms with Crippen molar-refractivity contribution in [3.8, 4) is 0 Å². The molecule has 3 heteroatoms. The van der Waals surface area contributed by atoms with E-state index >= 15 is 0 Å². The zero-order valence-corrected chi connectivity index (χ0v) is 12.0. The van der Waals surface area contributed by atoms with Crippen molar-refractivity contribution < 1.29 is 0 Å². The summed E-state index contributed by atoms with van der Waals surface area (Å²) in [5.41, 5.74) is 3.78. The smallest absolute Gasteiger partial charge is 0.103 e. The van der Waals surface area contributed by atoms with Gasteiger partial charge in [0, 0.05) is 9.79 Å². The molecule has 0 aliphatic heterocycles. The van der Waals surface area contributed by atoms with Gasteiger partial charge in [-0.3, -0.25) is 0 Å². The van der Waals surface area contributed by atoms with Gasteiger partial charge >= 0.3 is 0 Å². The number of fused-ring (bicyclic) bond motifs is 2. The predicted octanol–water partition coefficient (Wildman–Crippen LogP) is 4.93. The van der Waals surface area contributed by atoms with E-state index in [0.29, 0.717) is 0 Å². The Bertz CT molecular complexity index is 920. The van der Waals surface area contributed by atoms with Crippen LogP contribution in [0.4, 0.5) is 0 Å². The summed E-state index contributed by atoms with van der Waals surface area (Å²) in [4.78, 5) is 11.8. The number of para-hydroxylation sites is 3. The third-order valence-corrected chi connectivity index (χ3v) is 4.36. The fourth-order valence-corrected chi connectivity index (χ4v) is 3.26. The molecule has 0 saturated carbocycles. The largest absolute Gasteiger partial charge is 0.244 e. The van der Waals surface area contributed by atoms with Crippen LogP contribution >= 0.6 is 11.8 Å². The normalized spacial score (nSPS) is 11.0. The van der Waals surface area contributed by atoms with Crippen LogP contribution in [-0.4, -0.2) is 9.97 Å². The minimum atomic E-state index is 0.936. The molecule has 21 heavy (non-hydrogen) atoms. The van der Waals surface area contributed by atoms with Crippen LogP contribution < -0.4 is 0 Å². The molecular weight excluding hydrogens is 276 g/mol. The maximum atomic E-state index is 4.79. The van der Waals surface area contributed by atoms with E-state index in [1.54, 1.807) is 11.8 Å². The summed E-state index contributed by atoms with van der Waals surface area (Å²) >= 11 is 1.72.